The zero-order valence-electron chi connectivity index (χ0n) is 15.7. The van der Waals surface area contributed by atoms with Crippen LogP contribution in [0, 0.1) is 10.1 Å². The normalized spacial score (nSPS) is 12.2. The molecular weight excluding hydrogens is 430 g/mol. The Kier molecular flexibility index (Phi) is 6.43. The lowest BCUT2D eigenvalue weighted by Crippen LogP contribution is -2.32. The summed E-state index contributed by atoms with van der Waals surface area (Å²) in [5.41, 5.74) is -0.213. The zero-order valence-corrected chi connectivity index (χ0v) is 17.4. The third-order valence-corrected chi connectivity index (χ3v) is 7.17. The highest BCUT2D eigenvalue weighted by Crippen LogP contribution is 2.29. The van der Waals surface area contributed by atoms with Crippen LogP contribution in [0.15, 0.2) is 69.9 Å². The minimum absolute atomic E-state index is 0.0938. The van der Waals surface area contributed by atoms with Gasteiger partial charge in [0.1, 0.15) is 9.96 Å². The molecule has 1 aromatic heterocycles. The lowest BCUT2D eigenvalue weighted by molar-refractivity contribution is -0.384. The number of amides is 1. The van der Waals surface area contributed by atoms with Gasteiger partial charge < -0.3 is 4.74 Å². The molecule has 9 nitrogen and oxygen atoms in total. The summed E-state index contributed by atoms with van der Waals surface area (Å²) in [5, 5.41) is 13.4. The van der Waals surface area contributed by atoms with E-state index in [2.05, 4.69) is 10.3 Å². The molecule has 0 aliphatic rings. The molecule has 0 aliphatic carbocycles. The summed E-state index contributed by atoms with van der Waals surface area (Å²) in [4.78, 5) is 26.5. The second-order valence-electron chi connectivity index (χ2n) is 6.06. The van der Waals surface area contributed by atoms with Crippen LogP contribution in [0.4, 0.5) is 10.8 Å². The van der Waals surface area contributed by atoms with E-state index in [1.165, 1.54) is 0 Å². The van der Waals surface area contributed by atoms with Crippen molar-refractivity contribution in [2.24, 2.45) is 0 Å². The topological polar surface area (TPSA) is 128 Å². The molecular formula is C19H17N3O6S2. The number of nitrogens with zero attached hydrogens (tertiary/aromatic N) is 2. The maximum Gasteiger partial charge on any atom is 0.269 e. The van der Waals surface area contributed by atoms with Crippen molar-refractivity contribution in [3.63, 3.8) is 0 Å². The Bertz CT molecular complexity index is 1140. The van der Waals surface area contributed by atoms with Crippen LogP contribution < -0.4 is 10.1 Å². The number of nitro groups is 1. The third-order valence-electron chi connectivity index (χ3n) is 4.02. The number of nitro benzene ring substituents is 1. The fourth-order valence-electron chi connectivity index (χ4n) is 2.48. The van der Waals surface area contributed by atoms with E-state index in [9.17, 15) is 23.3 Å². The first-order valence-electron chi connectivity index (χ1n) is 8.79. The summed E-state index contributed by atoms with van der Waals surface area (Å²) in [5.74, 6) is 0.0927. The second kappa shape index (κ2) is 9.01. The molecule has 156 valence electrons. The summed E-state index contributed by atoms with van der Waals surface area (Å²) in [6.45, 7) is 1.79. The van der Waals surface area contributed by atoms with E-state index in [0.29, 0.717) is 12.2 Å². The van der Waals surface area contributed by atoms with Gasteiger partial charge in [-0.25, -0.2) is 13.4 Å². The average molecular weight is 447 g/mol. The summed E-state index contributed by atoms with van der Waals surface area (Å²) >= 11 is 0.787. The van der Waals surface area contributed by atoms with Gasteiger partial charge in [0, 0.05) is 12.1 Å². The van der Waals surface area contributed by atoms with Crippen molar-refractivity contribution in [1.29, 1.82) is 0 Å². The van der Waals surface area contributed by atoms with Crippen molar-refractivity contribution < 1.29 is 22.9 Å². The van der Waals surface area contributed by atoms with Gasteiger partial charge in [0.25, 0.3) is 11.6 Å². The first-order chi connectivity index (χ1) is 14.3. The molecule has 2 aromatic carbocycles. The van der Waals surface area contributed by atoms with Crippen LogP contribution in [0.3, 0.4) is 0 Å². The van der Waals surface area contributed by atoms with E-state index in [1.807, 2.05) is 6.07 Å². The van der Waals surface area contributed by atoms with Gasteiger partial charge in [0.15, 0.2) is 11.2 Å². The van der Waals surface area contributed by atoms with Crippen LogP contribution in [-0.4, -0.2) is 30.3 Å². The van der Waals surface area contributed by atoms with Crippen molar-refractivity contribution in [2.45, 2.75) is 28.6 Å². The van der Waals surface area contributed by atoms with Crippen LogP contribution in [0.1, 0.15) is 13.3 Å². The molecule has 0 fully saturated rings. The number of hydrogen-bond donors (Lipinski definition) is 1. The van der Waals surface area contributed by atoms with Crippen molar-refractivity contribution in [1.82, 2.24) is 4.98 Å². The number of para-hydroxylation sites is 1. The number of carbonyl (C=O) groups is 1. The highest BCUT2D eigenvalue weighted by atomic mass is 32.2. The van der Waals surface area contributed by atoms with Crippen LogP contribution in [0.25, 0.3) is 0 Å². The molecule has 3 rings (SSSR count). The SMILES string of the molecule is CC[C@H](Oc1ccccc1)C(=O)Nc1ncc(S(=O)(=O)c2ccc([N+](=O)[O-])cc2)s1. The first-order valence-corrected chi connectivity index (χ1v) is 11.1. The van der Waals surface area contributed by atoms with Crippen LogP contribution in [0.5, 0.6) is 5.75 Å². The smallest absolute Gasteiger partial charge is 0.269 e. The Balaban J connectivity index is 1.73. The minimum atomic E-state index is -3.92. The fourth-order valence-corrected chi connectivity index (χ4v) is 4.91. The molecule has 3 aromatic rings. The zero-order chi connectivity index (χ0) is 21.7. The predicted octanol–water partition coefficient (Wildman–Crippen LogP) is 3.68. The van der Waals surface area contributed by atoms with Gasteiger partial charge in [-0.15, -0.1) is 0 Å². The third kappa shape index (κ3) is 4.81. The standard InChI is InChI=1S/C19H17N3O6S2/c1-2-16(28-14-6-4-3-5-7-14)18(23)21-19-20-12-17(29-19)30(26,27)15-10-8-13(9-11-15)22(24)25/h3-12,16H,2H2,1H3,(H,20,21,23)/t16-/m0/s1. The van der Waals surface area contributed by atoms with Crippen molar-refractivity contribution in [3.8, 4) is 5.75 Å². The Labute approximate surface area is 176 Å². The quantitative estimate of drug-likeness (QED) is 0.412. The largest absolute Gasteiger partial charge is 0.481 e. The lowest BCUT2D eigenvalue weighted by Gasteiger charge is -2.16. The number of non-ortho nitro benzene ring substituents is 1. The molecule has 0 saturated carbocycles. The van der Waals surface area contributed by atoms with Gasteiger partial charge in [-0.1, -0.05) is 36.5 Å². The van der Waals surface area contributed by atoms with E-state index >= 15 is 0 Å². The maximum atomic E-state index is 12.7. The number of ether oxygens (including phenoxy) is 1. The molecule has 0 aliphatic heterocycles. The molecule has 11 heteroatoms. The Hall–Kier alpha value is -3.31. The average Bonchev–Trinajstić information content (AvgIpc) is 3.22. The molecule has 0 spiro atoms. The highest BCUT2D eigenvalue weighted by Gasteiger charge is 2.24. The van der Waals surface area contributed by atoms with Gasteiger partial charge in [-0.3, -0.25) is 20.2 Å². The molecule has 30 heavy (non-hydrogen) atoms. The van der Waals surface area contributed by atoms with E-state index < -0.39 is 26.8 Å². The number of hydrogen-bond acceptors (Lipinski definition) is 8. The van der Waals surface area contributed by atoms with Gasteiger partial charge >= 0.3 is 0 Å². The molecule has 1 N–H and O–H groups in total. The lowest BCUT2D eigenvalue weighted by atomic mass is 10.2. The Morgan fingerprint density at radius 2 is 1.87 bits per heavy atom. The molecule has 0 radical (unpaired) electrons. The predicted molar refractivity (Wildman–Crippen MR) is 110 cm³/mol. The van der Waals surface area contributed by atoms with Crippen LogP contribution in [-0.2, 0) is 14.6 Å². The second-order valence-corrected chi connectivity index (χ2v) is 9.26. The van der Waals surface area contributed by atoms with Crippen LogP contribution >= 0.6 is 11.3 Å². The van der Waals surface area contributed by atoms with Gasteiger partial charge in [-0.05, 0) is 30.7 Å². The Morgan fingerprint density at radius 1 is 1.20 bits per heavy atom. The maximum absolute atomic E-state index is 12.7. The number of sulfone groups is 1. The van der Waals surface area contributed by atoms with E-state index in [0.717, 1.165) is 41.8 Å². The number of carbonyl (C=O) groups excluding carboxylic acids is 1. The molecule has 0 bridgehead atoms. The number of rotatable bonds is 8. The molecule has 0 unspecified atom stereocenters. The first kappa shape index (κ1) is 21.4. The number of anilines is 1. The molecule has 1 atom stereocenters. The van der Waals surface area contributed by atoms with Gasteiger partial charge in [-0.2, -0.15) is 0 Å². The Morgan fingerprint density at radius 3 is 2.47 bits per heavy atom. The number of aromatic nitrogens is 1. The fraction of sp³-hybridized carbons (Fsp3) is 0.158. The monoisotopic (exact) mass is 447 g/mol. The van der Waals surface area contributed by atoms with E-state index in [4.69, 9.17) is 4.74 Å². The molecule has 0 saturated heterocycles. The molecule has 1 amide bonds. The van der Waals surface area contributed by atoms with Gasteiger partial charge in [0.05, 0.1) is 16.0 Å². The summed E-state index contributed by atoms with van der Waals surface area (Å²) in [6.07, 6.45) is 0.766. The summed E-state index contributed by atoms with van der Waals surface area (Å²) in [6, 6.07) is 13.4. The van der Waals surface area contributed by atoms with Crippen molar-refractivity contribution >= 4 is 37.9 Å². The number of thiazole rings is 1. The highest BCUT2D eigenvalue weighted by molar-refractivity contribution is 7.93. The van der Waals surface area contributed by atoms with E-state index in [-0.39, 0.29) is 19.9 Å². The molecule has 1 heterocycles. The van der Waals surface area contributed by atoms with Crippen molar-refractivity contribution in [3.05, 3.63) is 70.9 Å². The van der Waals surface area contributed by atoms with Crippen molar-refractivity contribution in [2.75, 3.05) is 5.32 Å². The minimum Gasteiger partial charge on any atom is -0.481 e. The van der Waals surface area contributed by atoms with Crippen LogP contribution in [0.2, 0.25) is 0 Å². The summed E-state index contributed by atoms with van der Waals surface area (Å²) in [7, 11) is -3.92. The summed E-state index contributed by atoms with van der Waals surface area (Å²) < 4.78 is 31.0. The number of nitrogens with one attached hydrogen (secondary N) is 1. The van der Waals surface area contributed by atoms with E-state index in [1.54, 1.807) is 31.2 Å². The van der Waals surface area contributed by atoms with Gasteiger partial charge in [0.2, 0.25) is 9.84 Å². The number of benzene rings is 2.